The first kappa shape index (κ1) is 14.0. The van der Waals surface area contributed by atoms with Crippen LogP contribution in [0.2, 0.25) is 0 Å². The maximum Gasteiger partial charge on any atom is 0.337 e. The Kier molecular flexibility index (Phi) is 3.67. The van der Waals surface area contributed by atoms with E-state index in [9.17, 15) is 14.7 Å². The average Bonchev–Trinajstić information content (AvgIpc) is 2.44. The number of amides is 1. The molecule has 104 valence electrons. The number of aliphatic carboxylic acids is 1. The Balaban J connectivity index is 2.22. The van der Waals surface area contributed by atoms with Gasteiger partial charge >= 0.3 is 5.97 Å². The van der Waals surface area contributed by atoms with Gasteiger partial charge in [0.25, 0.3) is 5.91 Å². The smallest absolute Gasteiger partial charge is 0.337 e. The van der Waals surface area contributed by atoms with Crippen LogP contribution in [0.3, 0.4) is 0 Å². The van der Waals surface area contributed by atoms with Gasteiger partial charge in [0.05, 0.1) is 17.6 Å². The number of benzene rings is 1. The lowest BCUT2D eigenvalue weighted by molar-refractivity contribution is -0.155. The Morgan fingerprint density at radius 2 is 2.00 bits per heavy atom. The van der Waals surface area contributed by atoms with Crippen LogP contribution in [0, 0.1) is 0 Å². The quantitative estimate of drug-likeness (QED) is 0.765. The van der Waals surface area contributed by atoms with E-state index in [0.29, 0.717) is 16.5 Å². The number of pyridine rings is 1. The second-order valence-corrected chi connectivity index (χ2v) is 4.64. The van der Waals surface area contributed by atoms with Gasteiger partial charge in [-0.2, -0.15) is 0 Å². The molecule has 0 aliphatic heterocycles. The van der Waals surface area contributed by atoms with E-state index in [4.69, 9.17) is 5.11 Å². The third-order valence-electron chi connectivity index (χ3n) is 2.95. The van der Waals surface area contributed by atoms with E-state index in [1.54, 1.807) is 24.3 Å². The third-order valence-corrected chi connectivity index (χ3v) is 2.95. The first-order valence-corrected chi connectivity index (χ1v) is 5.99. The Labute approximate surface area is 115 Å². The van der Waals surface area contributed by atoms with Crippen molar-refractivity contribution >= 4 is 22.8 Å². The van der Waals surface area contributed by atoms with Crippen LogP contribution < -0.4 is 5.32 Å². The van der Waals surface area contributed by atoms with Crippen molar-refractivity contribution < 1.29 is 19.8 Å². The molecule has 0 saturated carbocycles. The fourth-order valence-corrected chi connectivity index (χ4v) is 1.72. The van der Waals surface area contributed by atoms with Crippen molar-refractivity contribution in [2.45, 2.75) is 12.5 Å². The zero-order valence-electron chi connectivity index (χ0n) is 10.8. The van der Waals surface area contributed by atoms with Crippen LogP contribution in [0.4, 0.5) is 0 Å². The van der Waals surface area contributed by atoms with Crippen LogP contribution in [-0.4, -0.2) is 39.2 Å². The highest BCUT2D eigenvalue weighted by atomic mass is 16.4. The van der Waals surface area contributed by atoms with E-state index >= 15 is 0 Å². The zero-order chi connectivity index (χ0) is 14.8. The highest BCUT2D eigenvalue weighted by molar-refractivity contribution is 6.06. The summed E-state index contributed by atoms with van der Waals surface area (Å²) in [5.74, 6) is -1.84. The molecule has 1 aromatic heterocycles. The lowest BCUT2D eigenvalue weighted by Gasteiger charge is -2.18. The van der Waals surface area contributed by atoms with Crippen LogP contribution in [0.5, 0.6) is 0 Å². The molecule has 0 aliphatic carbocycles. The molecule has 1 amide bonds. The van der Waals surface area contributed by atoms with E-state index in [2.05, 4.69) is 10.3 Å². The number of carboxylic acids is 1. The molecule has 0 radical (unpaired) electrons. The van der Waals surface area contributed by atoms with Gasteiger partial charge in [0.1, 0.15) is 0 Å². The number of carboxylic acid groups (broad SMARTS) is 1. The molecule has 0 spiro atoms. The molecule has 1 heterocycles. The Morgan fingerprint density at radius 1 is 1.30 bits per heavy atom. The van der Waals surface area contributed by atoms with Crippen LogP contribution in [0.1, 0.15) is 17.3 Å². The van der Waals surface area contributed by atoms with Gasteiger partial charge in [0.15, 0.2) is 5.60 Å². The molecular weight excluding hydrogens is 260 g/mol. The van der Waals surface area contributed by atoms with Crippen molar-refractivity contribution in [1.82, 2.24) is 10.3 Å². The Morgan fingerprint density at radius 3 is 2.70 bits per heavy atom. The number of para-hydroxylation sites is 1. The molecular formula is C14H14N2O4. The molecule has 0 fully saturated rings. The number of fused-ring (bicyclic) bond motifs is 1. The third kappa shape index (κ3) is 2.75. The van der Waals surface area contributed by atoms with E-state index in [1.165, 1.54) is 6.20 Å². The molecule has 1 unspecified atom stereocenters. The molecule has 3 N–H and O–H groups in total. The molecule has 6 heteroatoms. The van der Waals surface area contributed by atoms with Gasteiger partial charge in [-0.1, -0.05) is 18.2 Å². The van der Waals surface area contributed by atoms with Crippen molar-refractivity contribution in [3.05, 3.63) is 42.1 Å². The van der Waals surface area contributed by atoms with E-state index < -0.39 is 17.5 Å². The minimum Gasteiger partial charge on any atom is -0.479 e. The summed E-state index contributed by atoms with van der Waals surface area (Å²) in [5, 5.41) is 21.4. The predicted molar refractivity (Wildman–Crippen MR) is 72.3 cm³/mol. The molecule has 1 atom stereocenters. The van der Waals surface area contributed by atoms with Crippen LogP contribution >= 0.6 is 0 Å². The van der Waals surface area contributed by atoms with Crippen molar-refractivity contribution in [3.8, 4) is 0 Å². The molecule has 0 aliphatic rings. The van der Waals surface area contributed by atoms with Gasteiger partial charge in [-0.25, -0.2) is 4.79 Å². The van der Waals surface area contributed by atoms with Crippen molar-refractivity contribution in [2.24, 2.45) is 0 Å². The molecule has 20 heavy (non-hydrogen) atoms. The summed E-state index contributed by atoms with van der Waals surface area (Å²) >= 11 is 0. The fourth-order valence-electron chi connectivity index (χ4n) is 1.72. The number of carbonyl (C=O) groups excluding carboxylic acids is 1. The van der Waals surface area contributed by atoms with E-state index in [-0.39, 0.29) is 6.54 Å². The Hall–Kier alpha value is -2.47. The summed E-state index contributed by atoms with van der Waals surface area (Å²) in [6, 6.07) is 8.68. The minimum absolute atomic E-state index is 0.377. The summed E-state index contributed by atoms with van der Waals surface area (Å²) in [7, 11) is 0. The maximum atomic E-state index is 12.1. The fraction of sp³-hybridized carbons (Fsp3) is 0.214. The maximum absolute atomic E-state index is 12.1. The second-order valence-electron chi connectivity index (χ2n) is 4.64. The van der Waals surface area contributed by atoms with Crippen molar-refractivity contribution in [1.29, 1.82) is 0 Å². The summed E-state index contributed by atoms with van der Waals surface area (Å²) in [6.45, 7) is 0.748. The number of nitrogens with zero attached hydrogens (tertiary/aromatic N) is 1. The predicted octanol–water partition coefficient (Wildman–Crippen LogP) is 0.800. The van der Waals surface area contributed by atoms with Crippen molar-refractivity contribution in [3.63, 3.8) is 0 Å². The number of aliphatic hydroxyl groups is 1. The first-order valence-electron chi connectivity index (χ1n) is 5.99. The highest BCUT2D eigenvalue weighted by Gasteiger charge is 2.30. The number of rotatable bonds is 4. The number of nitrogens with one attached hydrogen (secondary N) is 1. The molecule has 0 bridgehead atoms. The molecule has 2 aromatic rings. The van der Waals surface area contributed by atoms with Crippen LogP contribution in [0.25, 0.3) is 10.9 Å². The lowest BCUT2D eigenvalue weighted by Crippen LogP contribution is -2.46. The van der Waals surface area contributed by atoms with Crippen LogP contribution in [0.15, 0.2) is 36.5 Å². The standard InChI is InChI=1S/C14H14N2O4/c1-14(20,13(18)19)8-16-12(17)10-6-7-15-11-5-3-2-4-9(10)11/h2-7,20H,8H2,1H3,(H,16,17)(H,18,19). The van der Waals surface area contributed by atoms with Gasteiger partial charge < -0.3 is 15.5 Å². The molecule has 6 nitrogen and oxygen atoms in total. The highest BCUT2D eigenvalue weighted by Crippen LogP contribution is 2.16. The average molecular weight is 274 g/mol. The van der Waals surface area contributed by atoms with E-state index in [0.717, 1.165) is 6.92 Å². The Bertz CT molecular complexity index is 662. The van der Waals surface area contributed by atoms with Gasteiger partial charge in [0, 0.05) is 11.6 Å². The topological polar surface area (TPSA) is 99.5 Å². The summed E-state index contributed by atoms with van der Waals surface area (Å²) in [5.41, 5.74) is -0.944. The summed E-state index contributed by atoms with van der Waals surface area (Å²) in [4.78, 5) is 27.0. The summed E-state index contributed by atoms with van der Waals surface area (Å²) < 4.78 is 0. The SMILES string of the molecule is CC(O)(CNC(=O)c1ccnc2ccccc12)C(=O)O. The minimum atomic E-state index is -2.00. The van der Waals surface area contributed by atoms with Gasteiger partial charge in [-0.15, -0.1) is 0 Å². The van der Waals surface area contributed by atoms with Crippen LogP contribution in [-0.2, 0) is 4.79 Å². The van der Waals surface area contributed by atoms with Gasteiger partial charge in [0.2, 0.25) is 0 Å². The van der Waals surface area contributed by atoms with Gasteiger partial charge in [-0.3, -0.25) is 9.78 Å². The molecule has 1 aromatic carbocycles. The number of hydrogen-bond donors (Lipinski definition) is 3. The monoisotopic (exact) mass is 274 g/mol. The first-order chi connectivity index (χ1) is 9.42. The number of hydrogen-bond acceptors (Lipinski definition) is 4. The number of carbonyl (C=O) groups is 2. The number of aromatic nitrogens is 1. The lowest BCUT2D eigenvalue weighted by atomic mass is 10.1. The normalized spacial score (nSPS) is 13.7. The summed E-state index contributed by atoms with van der Waals surface area (Å²) in [6.07, 6.45) is 1.51. The second kappa shape index (κ2) is 5.26. The largest absolute Gasteiger partial charge is 0.479 e. The molecule has 2 rings (SSSR count). The van der Waals surface area contributed by atoms with E-state index in [1.807, 2.05) is 6.07 Å². The molecule has 0 saturated heterocycles. The van der Waals surface area contributed by atoms with Gasteiger partial charge in [-0.05, 0) is 19.1 Å². The van der Waals surface area contributed by atoms with Crippen molar-refractivity contribution in [2.75, 3.05) is 6.54 Å². The zero-order valence-corrected chi connectivity index (χ0v) is 10.8.